The second-order valence-corrected chi connectivity index (χ2v) is 7.13. The van der Waals surface area contributed by atoms with Crippen LogP contribution in [0.3, 0.4) is 0 Å². The zero-order chi connectivity index (χ0) is 18.1. The predicted octanol–water partition coefficient (Wildman–Crippen LogP) is 4.36. The van der Waals surface area contributed by atoms with Crippen LogP contribution in [0.4, 0.5) is 5.69 Å². The minimum atomic E-state index is -0.539. The van der Waals surface area contributed by atoms with E-state index in [1.807, 2.05) is 48.7 Å². The average Bonchev–Trinajstić information content (AvgIpc) is 3.20. The summed E-state index contributed by atoms with van der Waals surface area (Å²) in [6.07, 6.45) is -0.453. The van der Waals surface area contributed by atoms with Gasteiger partial charge >= 0.3 is 5.97 Å². The van der Waals surface area contributed by atoms with Crippen molar-refractivity contribution in [2.45, 2.75) is 19.4 Å². The third-order valence-corrected chi connectivity index (χ3v) is 4.98. The van der Waals surface area contributed by atoms with Gasteiger partial charge in [0.1, 0.15) is 6.10 Å². The van der Waals surface area contributed by atoms with E-state index in [0.717, 1.165) is 21.8 Å². The fourth-order valence-corrected chi connectivity index (χ4v) is 3.63. The first-order valence-electron chi connectivity index (χ1n) is 8.22. The highest BCUT2D eigenvalue weighted by molar-refractivity contribution is 7.09. The zero-order valence-corrected chi connectivity index (χ0v) is 14.9. The second kappa shape index (κ2) is 6.72. The van der Waals surface area contributed by atoms with Crippen LogP contribution >= 0.6 is 11.3 Å². The van der Waals surface area contributed by atoms with Crippen LogP contribution in [-0.4, -0.2) is 16.9 Å². The lowest BCUT2D eigenvalue weighted by atomic mass is 10.0. The fraction of sp³-hybridized carbons (Fsp3) is 0.150. The van der Waals surface area contributed by atoms with Gasteiger partial charge in [0.15, 0.2) is 0 Å². The first-order chi connectivity index (χ1) is 12.6. The summed E-state index contributed by atoms with van der Waals surface area (Å²) in [6, 6.07) is 14.7. The summed E-state index contributed by atoms with van der Waals surface area (Å²) in [4.78, 5) is 28.7. The van der Waals surface area contributed by atoms with Crippen molar-refractivity contribution in [1.82, 2.24) is 4.98 Å². The molecule has 130 valence electrons. The van der Waals surface area contributed by atoms with Crippen molar-refractivity contribution in [1.29, 1.82) is 0 Å². The fourth-order valence-electron chi connectivity index (χ4n) is 3.00. The Labute approximate surface area is 154 Å². The van der Waals surface area contributed by atoms with Gasteiger partial charge in [-0.3, -0.25) is 4.79 Å². The smallest absolute Gasteiger partial charge is 0.339 e. The van der Waals surface area contributed by atoms with Crippen LogP contribution < -0.4 is 5.32 Å². The average molecular weight is 364 g/mol. The molecule has 1 amide bonds. The number of rotatable bonds is 4. The molecule has 0 radical (unpaired) electrons. The lowest BCUT2D eigenvalue weighted by Crippen LogP contribution is -2.15. The van der Waals surface area contributed by atoms with Crippen molar-refractivity contribution >= 4 is 28.9 Å². The lowest BCUT2D eigenvalue weighted by molar-refractivity contribution is -0.118. The molecule has 6 heteroatoms. The molecule has 0 bridgehead atoms. The number of hydrogen-bond acceptors (Lipinski definition) is 5. The van der Waals surface area contributed by atoms with Gasteiger partial charge in [-0.1, -0.05) is 30.3 Å². The SMILES string of the molecule is Cc1nc(-c2cccc(NC(=O)CC3OC(=O)c4ccccc43)c2)cs1. The van der Waals surface area contributed by atoms with Crippen molar-refractivity contribution in [3.63, 3.8) is 0 Å². The highest BCUT2D eigenvalue weighted by atomic mass is 32.1. The summed E-state index contributed by atoms with van der Waals surface area (Å²) in [6.45, 7) is 1.96. The number of thiazole rings is 1. The maximum atomic E-state index is 12.4. The number of cyclic esters (lactones) is 1. The molecule has 1 aliphatic heterocycles. The second-order valence-electron chi connectivity index (χ2n) is 6.07. The Bertz CT molecular complexity index is 996. The van der Waals surface area contributed by atoms with Gasteiger partial charge in [-0.05, 0) is 25.1 Å². The van der Waals surface area contributed by atoms with Crippen LogP contribution in [0, 0.1) is 6.92 Å². The molecule has 0 saturated carbocycles. The third kappa shape index (κ3) is 3.23. The molecule has 1 N–H and O–H groups in total. The monoisotopic (exact) mass is 364 g/mol. The van der Waals surface area contributed by atoms with E-state index in [9.17, 15) is 9.59 Å². The van der Waals surface area contributed by atoms with Crippen molar-refractivity contribution < 1.29 is 14.3 Å². The molecule has 1 aromatic heterocycles. The minimum absolute atomic E-state index is 0.0861. The normalized spacial score (nSPS) is 15.4. The number of aryl methyl sites for hydroxylation is 1. The van der Waals surface area contributed by atoms with E-state index >= 15 is 0 Å². The Morgan fingerprint density at radius 2 is 2.08 bits per heavy atom. The van der Waals surface area contributed by atoms with E-state index < -0.39 is 6.10 Å². The molecule has 3 aromatic rings. The molecular formula is C20H16N2O3S. The number of esters is 1. The summed E-state index contributed by atoms with van der Waals surface area (Å²) in [5, 5.41) is 5.86. The number of carbonyl (C=O) groups is 2. The number of carbonyl (C=O) groups excluding carboxylic acids is 2. The number of anilines is 1. The van der Waals surface area contributed by atoms with Gasteiger partial charge in [0.25, 0.3) is 0 Å². The Balaban J connectivity index is 1.47. The van der Waals surface area contributed by atoms with Crippen molar-refractivity contribution in [2.24, 2.45) is 0 Å². The molecule has 4 rings (SSSR count). The molecule has 2 heterocycles. The Kier molecular flexibility index (Phi) is 4.26. The quantitative estimate of drug-likeness (QED) is 0.699. The van der Waals surface area contributed by atoms with Gasteiger partial charge in [0, 0.05) is 22.2 Å². The number of aromatic nitrogens is 1. The largest absolute Gasteiger partial charge is 0.453 e. The van der Waals surface area contributed by atoms with Gasteiger partial charge < -0.3 is 10.1 Å². The number of hydrogen-bond donors (Lipinski definition) is 1. The number of amides is 1. The van der Waals surface area contributed by atoms with Gasteiger partial charge in [0.05, 0.1) is 22.7 Å². The van der Waals surface area contributed by atoms with Gasteiger partial charge in [-0.2, -0.15) is 0 Å². The van der Waals surface area contributed by atoms with E-state index in [1.165, 1.54) is 0 Å². The summed E-state index contributed by atoms with van der Waals surface area (Å²) in [5.41, 5.74) is 3.83. The molecule has 2 aromatic carbocycles. The van der Waals surface area contributed by atoms with Gasteiger partial charge in [-0.25, -0.2) is 9.78 Å². The van der Waals surface area contributed by atoms with Crippen molar-refractivity contribution in [3.05, 3.63) is 70.0 Å². The van der Waals surface area contributed by atoms with Crippen LogP contribution in [0.2, 0.25) is 0 Å². The Morgan fingerprint density at radius 3 is 2.88 bits per heavy atom. The summed E-state index contributed by atoms with van der Waals surface area (Å²) < 4.78 is 5.33. The molecular weight excluding hydrogens is 348 g/mol. The van der Waals surface area contributed by atoms with Crippen LogP contribution in [0.1, 0.15) is 33.5 Å². The maximum Gasteiger partial charge on any atom is 0.339 e. The standard InChI is InChI=1S/C20H16N2O3S/c1-12-21-17(11-26-12)13-5-4-6-14(9-13)22-19(23)10-18-15-7-2-3-8-16(15)20(24)25-18/h2-9,11,18H,10H2,1H3,(H,22,23). The third-order valence-electron chi connectivity index (χ3n) is 4.21. The summed E-state index contributed by atoms with van der Waals surface area (Å²) >= 11 is 1.59. The molecule has 0 fully saturated rings. The maximum absolute atomic E-state index is 12.4. The van der Waals surface area contributed by atoms with E-state index in [-0.39, 0.29) is 18.3 Å². The molecule has 0 spiro atoms. The van der Waals surface area contributed by atoms with E-state index in [2.05, 4.69) is 10.3 Å². The number of nitrogens with one attached hydrogen (secondary N) is 1. The van der Waals surface area contributed by atoms with E-state index in [4.69, 9.17) is 4.74 Å². The minimum Gasteiger partial charge on any atom is -0.453 e. The molecule has 0 saturated heterocycles. The number of benzene rings is 2. The summed E-state index contributed by atoms with van der Waals surface area (Å²) in [5.74, 6) is -0.578. The summed E-state index contributed by atoms with van der Waals surface area (Å²) in [7, 11) is 0. The number of nitrogens with zero attached hydrogens (tertiary/aromatic N) is 1. The zero-order valence-electron chi connectivity index (χ0n) is 14.1. The highest BCUT2D eigenvalue weighted by Crippen LogP contribution is 2.33. The molecule has 5 nitrogen and oxygen atoms in total. The highest BCUT2D eigenvalue weighted by Gasteiger charge is 2.32. The van der Waals surface area contributed by atoms with Crippen LogP contribution in [0.5, 0.6) is 0 Å². The first-order valence-corrected chi connectivity index (χ1v) is 9.10. The molecule has 1 aliphatic rings. The van der Waals surface area contributed by atoms with Gasteiger partial charge in [-0.15, -0.1) is 11.3 Å². The molecule has 1 atom stereocenters. The lowest BCUT2D eigenvalue weighted by Gasteiger charge is -2.11. The first kappa shape index (κ1) is 16.5. The topological polar surface area (TPSA) is 68.3 Å². The van der Waals surface area contributed by atoms with Crippen LogP contribution in [-0.2, 0) is 9.53 Å². The van der Waals surface area contributed by atoms with Gasteiger partial charge in [0.2, 0.25) is 5.91 Å². The number of ether oxygens (including phenoxy) is 1. The van der Waals surface area contributed by atoms with Crippen molar-refractivity contribution in [3.8, 4) is 11.3 Å². The van der Waals surface area contributed by atoms with Crippen LogP contribution in [0.15, 0.2) is 53.9 Å². The number of fused-ring (bicyclic) bond motifs is 1. The Hall–Kier alpha value is -2.99. The van der Waals surface area contributed by atoms with E-state index in [0.29, 0.717) is 11.3 Å². The molecule has 26 heavy (non-hydrogen) atoms. The van der Waals surface area contributed by atoms with Crippen molar-refractivity contribution in [2.75, 3.05) is 5.32 Å². The van der Waals surface area contributed by atoms with E-state index in [1.54, 1.807) is 23.5 Å². The van der Waals surface area contributed by atoms with Crippen LogP contribution in [0.25, 0.3) is 11.3 Å². The molecule has 0 aliphatic carbocycles. The Morgan fingerprint density at radius 1 is 1.23 bits per heavy atom. The predicted molar refractivity (Wildman–Crippen MR) is 100 cm³/mol. The molecule has 1 unspecified atom stereocenters.